The molecule has 2 bridgehead atoms. The van der Waals surface area contributed by atoms with Crippen LogP contribution in [0.5, 0.6) is 0 Å². The van der Waals surface area contributed by atoms with Gasteiger partial charge in [0.25, 0.3) is 0 Å². The lowest BCUT2D eigenvalue weighted by Crippen LogP contribution is -2.61. The van der Waals surface area contributed by atoms with E-state index in [0.29, 0.717) is 0 Å². The van der Waals surface area contributed by atoms with Gasteiger partial charge in [-0.1, -0.05) is 40.0 Å². The summed E-state index contributed by atoms with van der Waals surface area (Å²) in [6.07, 6.45) is 12.2. The van der Waals surface area contributed by atoms with Gasteiger partial charge in [0.05, 0.1) is 0 Å². The van der Waals surface area contributed by atoms with Crippen LogP contribution in [-0.2, 0) is 0 Å². The molecule has 0 heterocycles. The third-order valence-electron chi connectivity index (χ3n) is 6.97. The van der Waals surface area contributed by atoms with Gasteiger partial charge in [-0.3, -0.25) is 0 Å². The molecule has 1 spiro atoms. The average Bonchev–Trinajstić information content (AvgIpc) is 2.30. The standard InChI is InChI=1S/C17H30/c1-4-6-15-8-7-14-11-17(15)10-9-13(5-2)12(3)16(14)17/h12-16H,4-11H2,1-3H3. The molecule has 0 amide bonds. The zero-order valence-corrected chi connectivity index (χ0v) is 12.0. The van der Waals surface area contributed by atoms with E-state index in [2.05, 4.69) is 20.8 Å². The van der Waals surface area contributed by atoms with E-state index < -0.39 is 0 Å². The molecule has 98 valence electrons. The molecule has 0 saturated heterocycles. The minimum absolute atomic E-state index is 0.837. The Kier molecular flexibility index (Phi) is 3.04. The van der Waals surface area contributed by atoms with Crippen LogP contribution in [0, 0.1) is 35.0 Å². The van der Waals surface area contributed by atoms with E-state index in [9.17, 15) is 0 Å². The Morgan fingerprint density at radius 2 is 1.94 bits per heavy atom. The predicted molar refractivity (Wildman–Crippen MR) is 73.8 cm³/mol. The van der Waals surface area contributed by atoms with Gasteiger partial charge in [-0.25, -0.2) is 0 Å². The Morgan fingerprint density at radius 1 is 1.12 bits per heavy atom. The summed E-state index contributed by atoms with van der Waals surface area (Å²) in [6.45, 7) is 7.39. The van der Waals surface area contributed by atoms with Crippen LogP contribution >= 0.6 is 0 Å². The zero-order valence-electron chi connectivity index (χ0n) is 12.0. The number of fused-ring (bicyclic) bond motifs is 2. The lowest BCUT2D eigenvalue weighted by Gasteiger charge is -2.69. The maximum Gasteiger partial charge on any atom is -0.0233 e. The Hall–Kier alpha value is 0. The molecule has 4 fully saturated rings. The summed E-state index contributed by atoms with van der Waals surface area (Å²) in [5, 5.41) is 0. The molecule has 4 saturated carbocycles. The number of hydrogen-bond acceptors (Lipinski definition) is 0. The van der Waals surface area contributed by atoms with Crippen molar-refractivity contribution < 1.29 is 0 Å². The molecule has 4 aliphatic rings. The van der Waals surface area contributed by atoms with E-state index in [1.807, 2.05) is 0 Å². The first-order valence-electron chi connectivity index (χ1n) is 8.23. The van der Waals surface area contributed by atoms with Crippen molar-refractivity contribution in [3.05, 3.63) is 0 Å². The Balaban J connectivity index is 1.81. The molecule has 0 aliphatic heterocycles. The lowest BCUT2D eigenvalue weighted by molar-refractivity contribution is -0.200. The van der Waals surface area contributed by atoms with Crippen molar-refractivity contribution in [1.29, 1.82) is 0 Å². The zero-order chi connectivity index (χ0) is 12.0. The summed E-state index contributed by atoms with van der Waals surface area (Å²) in [5.74, 6) is 5.45. The molecule has 0 aromatic rings. The van der Waals surface area contributed by atoms with Crippen molar-refractivity contribution in [2.75, 3.05) is 0 Å². The van der Waals surface area contributed by atoms with Gasteiger partial charge in [0.1, 0.15) is 0 Å². The highest BCUT2D eigenvalue weighted by Crippen LogP contribution is 2.71. The highest BCUT2D eigenvalue weighted by molar-refractivity contribution is 5.12. The molecule has 4 rings (SSSR count). The van der Waals surface area contributed by atoms with Crippen molar-refractivity contribution in [1.82, 2.24) is 0 Å². The molecule has 6 unspecified atom stereocenters. The Labute approximate surface area is 108 Å². The third-order valence-corrected chi connectivity index (χ3v) is 6.97. The molecule has 0 aromatic heterocycles. The fourth-order valence-electron chi connectivity index (χ4n) is 6.28. The predicted octanol–water partition coefficient (Wildman–Crippen LogP) is 5.28. The second kappa shape index (κ2) is 4.28. The van der Waals surface area contributed by atoms with Gasteiger partial charge < -0.3 is 0 Å². The number of hydrogen-bond donors (Lipinski definition) is 0. The maximum atomic E-state index is 2.59. The summed E-state index contributed by atoms with van der Waals surface area (Å²) in [6, 6.07) is 0. The number of rotatable bonds is 3. The minimum atomic E-state index is 0.837. The quantitative estimate of drug-likeness (QED) is 0.623. The summed E-state index contributed by atoms with van der Waals surface area (Å²) >= 11 is 0. The normalized spacial score (nSPS) is 52.8. The van der Waals surface area contributed by atoms with Crippen molar-refractivity contribution >= 4 is 0 Å². The summed E-state index contributed by atoms with van der Waals surface area (Å²) in [4.78, 5) is 0. The second-order valence-electron chi connectivity index (χ2n) is 7.35. The van der Waals surface area contributed by atoms with Crippen LogP contribution in [0.2, 0.25) is 0 Å². The first-order valence-corrected chi connectivity index (χ1v) is 8.23. The van der Waals surface area contributed by atoms with E-state index in [1.54, 1.807) is 32.1 Å². The molecule has 4 aliphatic carbocycles. The van der Waals surface area contributed by atoms with E-state index in [4.69, 9.17) is 0 Å². The monoisotopic (exact) mass is 234 g/mol. The van der Waals surface area contributed by atoms with Gasteiger partial charge >= 0.3 is 0 Å². The highest BCUT2D eigenvalue weighted by Gasteiger charge is 2.63. The SMILES string of the molecule is CCCC1CCC2CC13CCC(CC)C(C)C23. The van der Waals surface area contributed by atoms with Gasteiger partial charge in [-0.05, 0) is 67.1 Å². The van der Waals surface area contributed by atoms with Crippen LogP contribution < -0.4 is 0 Å². The van der Waals surface area contributed by atoms with Gasteiger partial charge in [-0.2, -0.15) is 0 Å². The van der Waals surface area contributed by atoms with E-state index in [0.717, 1.165) is 35.0 Å². The summed E-state index contributed by atoms with van der Waals surface area (Å²) < 4.78 is 0. The highest BCUT2D eigenvalue weighted by atomic mass is 14.7. The molecular formula is C17H30. The molecule has 0 heteroatoms. The van der Waals surface area contributed by atoms with Gasteiger partial charge in [0.15, 0.2) is 0 Å². The third kappa shape index (κ3) is 1.55. The summed E-state index contributed by atoms with van der Waals surface area (Å²) in [5.41, 5.74) is 0.837. The molecule has 6 atom stereocenters. The fraction of sp³-hybridized carbons (Fsp3) is 1.00. The van der Waals surface area contributed by atoms with Crippen molar-refractivity contribution in [3.63, 3.8) is 0 Å². The topological polar surface area (TPSA) is 0 Å². The Morgan fingerprint density at radius 3 is 2.65 bits per heavy atom. The van der Waals surface area contributed by atoms with Crippen molar-refractivity contribution in [2.24, 2.45) is 35.0 Å². The van der Waals surface area contributed by atoms with Crippen molar-refractivity contribution in [3.8, 4) is 0 Å². The first-order chi connectivity index (χ1) is 8.23. The van der Waals surface area contributed by atoms with Gasteiger partial charge in [-0.15, -0.1) is 0 Å². The van der Waals surface area contributed by atoms with Gasteiger partial charge in [0, 0.05) is 0 Å². The molecular weight excluding hydrogens is 204 g/mol. The van der Waals surface area contributed by atoms with Crippen LogP contribution in [0.25, 0.3) is 0 Å². The largest absolute Gasteiger partial charge is 0.0654 e. The van der Waals surface area contributed by atoms with Gasteiger partial charge in [0.2, 0.25) is 0 Å². The molecule has 0 N–H and O–H groups in total. The van der Waals surface area contributed by atoms with Crippen LogP contribution in [0.4, 0.5) is 0 Å². The Bertz CT molecular complexity index is 280. The smallest absolute Gasteiger partial charge is 0.0233 e. The lowest BCUT2D eigenvalue weighted by atomic mass is 9.36. The van der Waals surface area contributed by atoms with Crippen molar-refractivity contribution in [2.45, 2.75) is 72.1 Å². The van der Waals surface area contributed by atoms with E-state index >= 15 is 0 Å². The molecule has 0 aromatic carbocycles. The van der Waals surface area contributed by atoms with E-state index in [-0.39, 0.29) is 0 Å². The average molecular weight is 234 g/mol. The van der Waals surface area contributed by atoms with Crippen LogP contribution in [0.1, 0.15) is 72.1 Å². The van der Waals surface area contributed by atoms with Crippen LogP contribution in [0.15, 0.2) is 0 Å². The second-order valence-corrected chi connectivity index (χ2v) is 7.35. The van der Waals surface area contributed by atoms with Crippen LogP contribution in [-0.4, -0.2) is 0 Å². The fourth-order valence-corrected chi connectivity index (χ4v) is 6.28. The molecule has 0 radical (unpaired) electrons. The molecule has 0 nitrogen and oxygen atoms in total. The molecule has 17 heavy (non-hydrogen) atoms. The van der Waals surface area contributed by atoms with E-state index in [1.165, 1.54) is 19.3 Å². The first kappa shape index (κ1) is 12.1. The minimum Gasteiger partial charge on any atom is -0.0654 e. The summed E-state index contributed by atoms with van der Waals surface area (Å²) in [7, 11) is 0. The van der Waals surface area contributed by atoms with Crippen LogP contribution in [0.3, 0.4) is 0 Å². The maximum absolute atomic E-state index is 2.59.